The lowest BCUT2D eigenvalue weighted by Crippen LogP contribution is -2.10. The van der Waals surface area contributed by atoms with E-state index in [0.29, 0.717) is 12.5 Å². The van der Waals surface area contributed by atoms with Crippen LogP contribution in [0.15, 0.2) is 12.4 Å². The smallest absolute Gasteiger partial charge is 0.203 e. The molecule has 6 heteroatoms. The van der Waals surface area contributed by atoms with Gasteiger partial charge < -0.3 is 10.1 Å². The lowest BCUT2D eigenvalue weighted by Gasteiger charge is -2.05. The fourth-order valence-corrected chi connectivity index (χ4v) is 1.86. The van der Waals surface area contributed by atoms with Gasteiger partial charge >= 0.3 is 0 Å². The van der Waals surface area contributed by atoms with Crippen molar-refractivity contribution in [2.45, 2.75) is 18.8 Å². The highest BCUT2D eigenvalue weighted by atomic mass is 16.5. The fourth-order valence-electron chi connectivity index (χ4n) is 1.86. The SMILES string of the molecule is COCCNc1nccn2c(C3CC3)nnc12. The first-order chi connectivity index (χ1) is 8.40. The van der Waals surface area contributed by atoms with Crippen LogP contribution in [-0.4, -0.2) is 39.8 Å². The average molecular weight is 233 g/mol. The third-order valence-corrected chi connectivity index (χ3v) is 2.89. The lowest BCUT2D eigenvalue weighted by atomic mass is 10.4. The van der Waals surface area contributed by atoms with E-state index in [-0.39, 0.29) is 0 Å². The minimum atomic E-state index is 0.583. The van der Waals surface area contributed by atoms with E-state index in [1.54, 1.807) is 13.3 Å². The molecule has 1 N–H and O–H groups in total. The molecule has 0 saturated heterocycles. The largest absolute Gasteiger partial charge is 0.383 e. The molecule has 1 aliphatic carbocycles. The highest BCUT2D eigenvalue weighted by Crippen LogP contribution is 2.39. The lowest BCUT2D eigenvalue weighted by molar-refractivity contribution is 0.210. The number of nitrogens with one attached hydrogen (secondary N) is 1. The van der Waals surface area contributed by atoms with Gasteiger partial charge in [0.2, 0.25) is 5.65 Å². The Labute approximate surface area is 99.0 Å². The van der Waals surface area contributed by atoms with Gasteiger partial charge in [0.25, 0.3) is 0 Å². The molecule has 6 nitrogen and oxygen atoms in total. The van der Waals surface area contributed by atoms with Crippen molar-refractivity contribution in [1.29, 1.82) is 0 Å². The topological polar surface area (TPSA) is 64.3 Å². The van der Waals surface area contributed by atoms with Crippen LogP contribution in [0.4, 0.5) is 5.82 Å². The molecule has 0 aromatic carbocycles. The Balaban J connectivity index is 1.90. The van der Waals surface area contributed by atoms with Crippen molar-refractivity contribution < 1.29 is 4.74 Å². The highest BCUT2D eigenvalue weighted by Gasteiger charge is 2.29. The summed E-state index contributed by atoms with van der Waals surface area (Å²) in [6, 6.07) is 0. The second-order valence-corrected chi connectivity index (χ2v) is 4.22. The zero-order chi connectivity index (χ0) is 11.7. The molecule has 1 saturated carbocycles. The molecule has 1 fully saturated rings. The Hall–Kier alpha value is -1.69. The third-order valence-electron chi connectivity index (χ3n) is 2.89. The fraction of sp³-hybridized carbons (Fsp3) is 0.545. The van der Waals surface area contributed by atoms with Crippen molar-refractivity contribution in [2.24, 2.45) is 0 Å². The van der Waals surface area contributed by atoms with Crippen LogP contribution in [0.3, 0.4) is 0 Å². The summed E-state index contributed by atoms with van der Waals surface area (Å²) in [5.74, 6) is 2.40. The summed E-state index contributed by atoms with van der Waals surface area (Å²) >= 11 is 0. The molecule has 3 rings (SSSR count). The van der Waals surface area contributed by atoms with Gasteiger partial charge in [-0.05, 0) is 12.8 Å². The van der Waals surface area contributed by atoms with Crippen molar-refractivity contribution in [3.05, 3.63) is 18.2 Å². The van der Waals surface area contributed by atoms with Crippen molar-refractivity contribution >= 4 is 11.5 Å². The van der Waals surface area contributed by atoms with Gasteiger partial charge in [-0.3, -0.25) is 4.40 Å². The van der Waals surface area contributed by atoms with Gasteiger partial charge in [0, 0.05) is 32.0 Å². The summed E-state index contributed by atoms with van der Waals surface area (Å²) < 4.78 is 7.02. The van der Waals surface area contributed by atoms with Crippen LogP contribution in [-0.2, 0) is 4.74 Å². The summed E-state index contributed by atoms with van der Waals surface area (Å²) in [6.07, 6.45) is 6.13. The highest BCUT2D eigenvalue weighted by molar-refractivity contribution is 5.62. The molecule has 0 bridgehead atoms. The monoisotopic (exact) mass is 233 g/mol. The Morgan fingerprint density at radius 1 is 1.47 bits per heavy atom. The van der Waals surface area contributed by atoms with E-state index in [2.05, 4.69) is 20.5 Å². The van der Waals surface area contributed by atoms with Gasteiger partial charge in [-0.1, -0.05) is 0 Å². The van der Waals surface area contributed by atoms with E-state index >= 15 is 0 Å². The van der Waals surface area contributed by atoms with Gasteiger partial charge in [0.1, 0.15) is 5.82 Å². The summed E-state index contributed by atoms with van der Waals surface area (Å²) in [7, 11) is 1.68. The van der Waals surface area contributed by atoms with Crippen molar-refractivity contribution in [3.8, 4) is 0 Å². The van der Waals surface area contributed by atoms with E-state index in [1.165, 1.54) is 12.8 Å². The van der Waals surface area contributed by atoms with Crippen LogP contribution >= 0.6 is 0 Å². The van der Waals surface area contributed by atoms with Crippen LogP contribution in [0.2, 0.25) is 0 Å². The maximum Gasteiger partial charge on any atom is 0.203 e. The summed E-state index contributed by atoms with van der Waals surface area (Å²) in [5, 5.41) is 11.7. The maximum absolute atomic E-state index is 5.00. The molecule has 0 unspecified atom stereocenters. The number of aromatic nitrogens is 4. The normalized spacial score (nSPS) is 15.4. The van der Waals surface area contributed by atoms with E-state index in [1.807, 2.05) is 10.6 Å². The van der Waals surface area contributed by atoms with E-state index in [4.69, 9.17) is 4.74 Å². The van der Waals surface area contributed by atoms with Crippen LogP contribution in [0, 0.1) is 0 Å². The molecule has 2 heterocycles. The molecule has 90 valence electrons. The zero-order valence-corrected chi connectivity index (χ0v) is 9.76. The second-order valence-electron chi connectivity index (χ2n) is 4.22. The molecule has 0 amide bonds. The first-order valence-corrected chi connectivity index (χ1v) is 5.82. The van der Waals surface area contributed by atoms with Crippen LogP contribution < -0.4 is 5.32 Å². The number of fused-ring (bicyclic) bond motifs is 1. The standard InChI is InChI=1S/C11H15N5O/c1-17-7-5-13-9-11-15-14-10(8-2-3-8)16(11)6-4-12-9/h4,6,8H,2-3,5,7H2,1H3,(H,12,13). The summed E-state index contributed by atoms with van der Waals surface area (Å²) in [6.45, 7) is 1.36. The number of ether oxygens (including phenoxy) is 1. The predicted octanol–water partition coefficient (Wildman–Crippen LogP) is 1.06. The number of nitrogens with zero attached hydrogens (tertiary/aromatic N) is 4. The molecule has 2 aromatic rings. The summed E-state index contributed by atoms with van der Waals surface area (Å²) in [4.78, 5) is 4.28. The van der Waals surface area contributed by atoms with Gasteiger partial charge in [0.05, 0.1) is 6.61 Å². The predicted molar refractivity (Wildman–Crippen MR) is 63.1 cm³/mol. The average Bonchev–Trinajstić information content (AvgIpc) is 3.10. The first-order valence-electron chi connectivity index (χ1n) is 5.82. The van der Waals surface area contributed by atoms with Gasteiger partial charge in [-0.25, -0.2) is 4.98 Å². The number of hydrogen-bond donors (Lipinski definition) is 1. The Kier molecular flexibility index (Phi) is 2.64. The third kappa shape index (κ3) is 1.95. The molecule has 0 atom stereocenters. The molecular weight excluding hydrogens is 218 g/mol. The first kappa shape index (κ1) is 10.5. The molecule has 0 radical (unpaired) electrons. The van der Waals surface area contributed by atoms with E-state index in [9.17, 15) is 0 Å². The van der Waals surface area contributed by atoms with Gasteiger partial charge in [-0.15, -0.1) is 10.2 Å². The van der Waals surface area contributed by atoms with Crippen molar-refractivity contribution in [3.63, 3.8) is 0 Å². The number of hydrogen-bond acceptors (Lipinski definition) is 5. The second kappa shape index (κ2) is 4.29. The van der Waals surface area contributed by atoms with Crippen LogP contribution in [0.25, 0.3) is 5.65 Å². The Morgan fingerprint density at radius 2 is 2.35 bits per heavy atom. The van der Waals surface area contributed by atoms with E-state index in [0.717, 1.165) is 23.8 Å². The quantitative estimate of drug-likeness (QED) is 0.782. The van der Waals surface area contributed by atoms with Gasteiger partial charge in [0.15, 0.2) is 5.82 Å². The Bertz CT molecular complexity index is 520. The number of anilines is 1. The maximum atomic E-state index is 5.00. The molecule has 0 aliphatic heterocycles. The molecule has 17 heavy (non-hydrogen) atoms. The van der Waals surface area contributed by atoms with Crippen LogP contribution in [0.5, 0.6) is 0 Å². The van der Waals surface area contributed by atoms with Crippen LogP contribution in [0.1, 0.15) is 24.6 Å². The zero-order valence-electron chi connectivity index (χ0n) is 9.76. The Morgan fingerprint density at radius 3 is 3.12 bits per heavy atom. The van der Waals surface area contributed by atoms with E-state index < -0.39 is 0 Å². The molecule has 1 aliphatic rings. The molecule has 2 aromatic heterocycles. The molecule has 0 spiro atoms. The summed E-state index contributed by atoms with van der Waals surface area (Å²) in [5.41, 5.74) is 0.797. The van der Waals surface area contributed by atoms with Gasteiger partial charge in [-0.2, -0.15) is 0 Å². The molecular formula is C11H15N5O. The number of rotatable bonds is 5. The van der Waals surface area contributed by atoms with Crippen molar-refractivity contribution in [1.82, 2.24) is 19.6 Å². The van der Waals surface area contributed by atoms with Crippen molar-refractivity contribution in [2.75, 3.05) is 25.6 Å². The minimum Gasteiger partial charge on any atom is -0.383 e. The number of methoxy groups -OCH3 is 1. The minimum absolute atomic E-state index is 0.583.